The maximum Gasteiger partial charge on any atom is 0.265 e. The Balaban J connectivity index is 1.74. The third kappa shape index (κ3) is 5.75. The Morgan fingerprint density at radius 2 is 1.84 bits per heavy atom. The van der Waals surface area contributed by atoms with Crippen molar-refractivity contribution in [3.05, 3.63) is 70.4 Å². The van der Waals surface area contributed by atoms with E-state index in [1.165, 1.54) is 24.0 Å². The number of hydrogen-bond donors (Lipinski definition) is 3. The normalized spacial score (nSPS) is 14.3. The molecular formula is C27H32N4O4S2. The lowest BCUT2D eigenvalue weighted by Crippen LogP contribution is -2.31. The molecule has 0 fully saturated rings. The molecule has 0 bridgehead atoms. The monoisotopic (exact) mass is 540 g/mol. The second-order valence-corrected chi connectivity index (χ2v) is 13.0. The van der Waals surface area contributed by atoms with Crippen molar-refractivity contribution in [3.63, 3.8) is 0 Å². The lowest BCUT2D eigenvalue weighted by molar-refractivity contribution is 0.103. The van der Waals surface area contributed by atoms with E-state index in [0.29, 0.717) is 22.9 Å². The van der Waals surface area contributed by atoms with Crippen molar-refractivity contribution in [1.29, 1.82) is 0 Å². The number of carbonyl (C=O) groups excluding carboxylic acids is 1. The summed E-state index contributed by atoms with van der Waals surface area (Å²) in [6, 6.07) is 11.3. The molecule has 0 unspecified atom stereocenters. The first-order valence-corrected chi connectivity index (χ1v) is 14.4. The maximum atomic E-state index is 13.5. The number of carbonyl (C=O) groups is 1. The molecule has 0 atom stereocenters. The van der Waals surface area contributed by atoms with Gasteiger partial charge in [-0.15, -0.1) is 11.3 Å². The van der Waals surface area contributed by atoms with Gasteiger partial charge in [0.1, 0.15) is 5.82 Å². The number of nitrogens with two attached hydrogens (primary N) is 1. The van der Waals surface area contributed by atoms with E-state index in [1.807, 2.05) is 68.2 Å². The van der Waals surface area contributed by atoms with Gasteiger partial charge in [-0.25, -0.2) is 8.42 Å². The Kier molecular flexibility index (Phi) is 7.00. The molecule has 196 valence electrons. The molecule has 4 N–H and O–H groups in total. The highest BCUT2D eigenvalue weighted by molar-refractivity contribution is 7.92. The standard InChI is InChI=1S/C27H32N4O4S2/c1-16-10-11-23(28)31(15-16)21-9-7-8-17-12-22(36-25(17)21)26(32)29-19-13-18(27(2,3)4)14-20(24(19)35-5)30-37(6,33)34/h7-14,30H,15,28H2,1-6H3,(H,29,32). The number of anilines is 3. The average molecular weight is 541 g/mol. The molecule has 3 aromatic rings. The fourth-order valence-corrected chi connectivity index (χ4v) is 5.77. The molecule has 4 rings (SSSR count). The topological polar surface area (TPSA) is 114 Å². The van der Waals surface area contributed by atoms with Crippen LogP contribution in [0.2, 0.25) is 0 Å². The van der Waals surface area contributed by atoms with Gasteiger partial charge in [0.15, 0.2) is 5.75 Å². The second-order valence-electron chi connectivity index (χ2n) is 10.2. The number of methoxy groups -OCH3 is 1. The van der Waals surface area contributed by atoms with Crippen LogP contribution in [0.15, 0.2) is 59.9 Å². The summed E-state index contributed by atoms with van der Waals surface area (Å²) in [5, 5.41) is 3.88. The first-order chi connectivity index (χ1) is 17.3. The van der Waals surface area contributed by atoms with E-state index in [0.717, 1.165) is 27.6 Å². The number of allylic oxidation sites excluding steroid dienone is 2. The van der Waals surface area contributed by atoms with Gasteiger partial charge in [0.25, 0.3) is 5.91 Å². The first-order valence-electron chi connectivity index (χ1n) is 11.7. The van der Waals surface area contributed by atoms with Crippen molar-refractivity contribution in [2.24, 2.45) is 5.73 Å². The van der Waals surface area contributed by atoms with Crippen molar-refractivity contribution in [3.8, 4) is 5.75 Å². The Morgan fingerprint density at radius 1 is 1.14 bits per heavy atom. The minimum atomic E-state index is -3.57. The van der Waals surface area contributed by atoms with Crippen molar-refractivity contribution in [1.82, 2.24) is 0 Å². The highest BCUT2D eigenvalue weighted by atomic mass is 32.2. The predicted octanol–water partition coefficient (Wildman–Crippen LogP) is 5.40. The van der Waals surface area contributed by atoms with Crippen LogP contribution < -0.4 is 25.4 Å². The SMILES string of the molecule is COc1c(NC(=O)c2cc3cccc(N4CC(C)=CC=C4N)c3s2)cc(C(C)(C)C)cc1NS(C)(=O)=O. The van der Waals surface area contributed by atoms with Crippen molar-refractivity contribution in [2.45, 2.75) is 33.1 Å². The number of sulfonamides is 1. The van der Waals surface area contributed by atoms with Gasteiger partial charge in [0.2, 0.25) is 10.0 Å². The van der Waals surface area contributed by atoms with Crippen LogP contribution in [0.25, 0.3) is 10.1 Å². The summed E-state index contributed by atoms with van der Waals surface area (Å²) in [7, 11) is -2.14. The molecule has 0 saturated carbocycles. The summed E-state index contributed by atoms with van der Waals surface area (Å²) < 4.78 is 33.0. The van der Waals surface area contributed by atoms with E-state index in [1.54, 1.807) is 6.07 Å². The molecule has 37 heavy (non-hydrogen) atoms. The van der Waals surface area contributed by atoms with Crippen LogP contribution in [0.1, 0.15) is 42.9 Å². The zero-order chi connectivity index (χ0) is 27.1. The quantitative estimate of drug-likeness (QED) is 0.386. The van der Waals surface area contributed by atoms with Crippen LogP contribution in [-0.2, 0) is 15.4 Å². The van der Waals surface area contributed by atoms with Crippen LogP contribution in [0.5, 0.6) is 5.75 Å². The zero-order valence-corrected chi connectivity index (χ0v) is 23.4. The highest BCUT2D eigenvalue weighted by Gasteiger charge is 2.24. The molecule has 1 aromatic heterocycles. The van der Waals surface area contributed by atoms with Crippen LogP contribution in [0.3, 0.4) is 0 Å². The molecule has 0 aliphatic carbocycles. The van der Waals surface area contributed by atoms with Gasteiger partial charge in [-0.05, 0) is 53.6 Å². The van der Waals surface area contributed by atoms with Gasteiger partial charge < -0.3 is 20.7 Å². The molecule has 1 amide bonds. The van der Waals surface area contributed by atoms with E-state index < -0.39 is 10.0 Å². The minimum Gasteiger partial charge on any atom is -0.492 e. The maximum absolute atomic E-state index is 13.5. The predicted molar refractivity (Wildman–Crippen MR) is 153 cm³/mol. The van der Waals surface area contributed by atoms with Crippen molar-refractivity contribution in [2.75, 3.05) is 34.8 Å². The molecule has 10 heteroatoms. The van der Waals surface area contributed by atoms with Gasteiger partial charge in [-0.3, -0.25) is 9.52 Å². The summed E-state index contributed by atoms with van der Waals surface area (Å²) in [5.41, 5.74) is 9.58. The highest BCUT2D eigenvalue weighted by Crippen LogP contribution is 2.40. The summed E-state index contributed by atoms with van der Waals surface area (Å²) >= 11 is 1.38. The van der Waals surface area contributed by atoms with E-state index in [9.17, 15) is 13.2 Å². The second kappa shape index (κ2) is 9.75. The molecule has 0 spiro atoms. The van der Waals surface area contributed by atoms with Crippen LogP contribution in [0.4, 0.5) is 17.1 Å². The van der Waals surface area contributed by atoms with Crippen molar-refractivity contribution >= 4 is 54.4 Å². The molecule has 0 saturated heterocycles. The molecule has 8 nitrogen and oxygen atoms in total. The summed E-state index contributed by atoms with van der Waals surface area (Å²) in [5.74, 6) is 0.564. The number of ether oxygens (including phenoxy) is 1. The third-order valence-corrected chi connectivity index (χ3v) is 7.76. The molecule has 0 radical (unpaired) electrons. The number of fused-ring (bicyclic) bond motifs is 1. The average Bonchev–Trinajstić information content (AvgIpc) is 3.24. The molecule has 2 aromatic carbocycles. The van der Waals surface area contributed by atoms with Crippen molar-refractivity contribution < 1.29 is 17.9 Å². The fourth-order valence-electron chi connectivity index (χ4n) is 4.14. The number of amides is 1. The van der Waals surface area contributed by atoms with Gasteiger partial charge in [0, 0.05) is 6.54 Å². The van der Waals surface area contributed by atoms with E-state index in [-0.39, 0.29) is 22.8 Å². The van der Waals surface area contributed by atoms with Gasteiger partial charge >= 0.3 is 0 Å². The molecule has 1 aliphatic rings. The van der Waals surface area contributed by atoms with E-state index >= 15 is 0 Å². The largest absolute Gasteiger partial charge is 0.492 e. The van der Waals surface area contributed by atoms with Gasteiger partial charge in [-0.1, -0.05) is 44.6 Å². The van der Waals surface area contributed by atoms with E-state index in [4.69, 9.17) is 10.5 Å². The smallest absolute Gasteiger partial charge is 0.265 e. The zero-order valence-electron chi connectivity index (χ0n) is 21.8. The number of hydrogen-bond acceptors (Lipinski definition) is 7. The summed E-state index contributed by atoms with van der Waals surface area (Å²) in [4.78, 5) is 16.0. The van der Waals surface area contributed by atoms with Crippen LogP contribution in [0, 0.1) is 0 Å². The summed E-state index contributed by atoms with van der Waals surface area (Å²) in [6.45, 7) is 8.75. The fraction of sp³-hybridized carbons (Fsp3) is 0.296. The lowest BCUT2D eigenvalue weighted by Gasteiger charge is -2.28. The van der Waals surface area contributed by atoms with Gasteiger partial charge in [-0.2, -0.15) is 0 Å². The molecule has 1 aliphatic heterocycles. The Labute approximate surface area is 221 Å². The van der Waals surface area contributed by atoms with Gasteiger partial charge in [0.05, 0.1) is 40.0 Å². The number of nitrogens with zero attached hydrogens (tertiary/aromatic N) is 1. The van der Waals surface area contributed by atoms with Crippen LogP contribution in [-0.4, -0.2) is 34.2 Å². The number of thiophene rings is 1. The summed E-state index contributed by atoms with van der Waals surface area (Å²) in [6.07, 6.45) is 4.96. The Morgan fingerprint density at radius 3 is 2.49 bits per heavy atom. The Bertz CT molecular complexity index is 1550. The number of benzene rings is 2. The first kappa shape index (κ1) is 26.6. The third-order valence-electron chi connectivity index (χ3n) is 6.00. The minimum absolute atomic E-state index is 0.238. The Hall–Kier alpha value is -3.50. The van der Waals surface area contributed by atoms with Crippen LogP contribution >= 0.6 is 11.3 Å². The number of rotatable bonds is 6. The lowest BCUT2D eigenvalue weighted by atomic mass is 9.86. The van der Waals surface area contributed by atoms with E-state index in [2.05, 4.69) is 17.0 Å². The molecular weight excluding hydrogens is 508 g/mol. The number of nitrogens with one attached hydrogen (secondary N) is 2. The molecule has 2 heterocycles.